The molecule has 0 aliphatic heterocycles. The molecule has 0 spiro atoms. The van der Waals surface area contributed by atoms with Gasteiger partial charge in [0.15, 0.2) is 0 Å². The van der Waals surface area contributed by atoms with Crippen LogP contribution in [0.15, 0.2) is 35.2 Å². The molecular formula is C11H16Ge. The van der Waals surface area contributed by atoms with Crippen molar-refractivity contribution in [1.82, 2.24) is 0 Å². The molecule has 1 heteroatoms. The van der Waals surface area contributed by atoms with E-state index < -0.39 is 13.3 Å². The monoisotopic (exact) mass is 222 g/mol. The first-order chi connectivity index (χ1) is 5.58. The maximum atomic E-state index is 2.41. The summed E-state index contributed by atoms with van der Waals surface area (Å²) >= 11 is -1.47. The molecule has 0 unspecified atom stereocenters. The normalized spacial score (nSPS) is 12.2. The van der Waals surface area contributed by atoms with Gasteiger partial charge in [0.1, 0.15) is 0 Å². The van der Waals surface area contributed by atoms with Gasteiger partial charge in [0, 0.05) is 0 Å². The first-order valence-corrected chi connectivity index (χ1v) is 11.8. The Bertz CT molecular complexity index is 254. The second-order valence-electron chi connectivity index (χ2n) is 4.11. The van der Waals surface area contributed by atoms with Gasteiger partial charge in [-0.25, -0.2) is 0 Å². The Morgan fingerprint density at radius 2 is 1.58 bits per heavy atom. The number of hydrogen-bond donors (Lipinski definition) is 0. The SMILES string of the molecule is [CH3][Ge]([CH3])([CH3])/[CH]=C/c1ccccc1. The van der Waals surface area contributed by atoms with Crippen LogP contribution >= 0.6 is 0 Å². The summed E-state index contributed by atoms with van der Waals surface area (Å²) < 4.78 is 0. The summed E-state index contributed by atoms with van der Waals surface area (Å²) in [5.41, 5.74) is 1.32. The van der Waals surface area contributed by atoms with Gasteiger partial charge in [0.25, 0.3) is 0 Å². The molecule has 0 nitrogen and oxygen atoms in total. The van der Waals surface area contributed by atoms with Crippen molar-refractivity contribution in [2.45, 2.75) is 17.3 Å². The minimum absolute atomic E-state index is 1.32. The van der Waals surface area contributed by atoms with Gasteiger partial charge in [-0.15, -0.1) is 0 Å². The molecule has 0 radical (unpaired) electrons. The Labute approximate surface area is 77.7 Å². The van der Waals surface area contributed by atoms with Crippen LogP contribution in [0.5, 0.6) is 0 Å². The van der Waals surface area contributed by atoms with E-state index in [0.29, 0.717) is 0 Å². The Balaban J connectivity index is 2.71. The summed E-state index contributed by atoms with van der Waals surface area (Å²) in [6, 6.07) is 10.5. The predicted octanol–water partition coefficient (Wildman–Crippen LogP) is 3.58. The Morgan fingerprint density at radius 3 is 2.08 bits per heavy atom. The molecule has 1 aromatic carbocycles. The molecule has 64 valence electrons. The van der Waals surface area contributed by atoms with Crippen molar-refractivity contribution in [2.24, 2.45) is 0 Å². The maximum absolute atomic E-state index is 2.41. The van der Waals surface area contributed by atoms with Crippen LogP contribution in [-0.2, 0) is 0 Å². The van der Waals surface area contributed by atoms with E-state index in [1.165, 1.54) is 5.56 Å². The van der Waals surface area contributed by atoms with E-state index >= 15 is 0 Å². The molecule has 0 aliphatic carbocycles. The molecule has 0 fully saturated rings. The van der Waals surface area contributed by atoms with E-state index in [0.717, 1.165) is 0 Å². The fraction of sp³-hybridized carbons (Fsp3) is 0.273. The van der Waals surface area contributed by atoms with Crippen molar-refractivity contribution < 1.29 is 0 Å². The van der Waals surface area contributed by atoms with E-state index in [4.69, 9.17) is 0 Å². The molecule has 0 aliphatic rings. The fourth-order valence-corrected chi connectivity index (χ4v) is 2.36. The van der Waals surface area contributed by atoms with Crippen molar-refractivity contribution in [2.75, 3.05) is 0 Å². The molecule has 0 aromatic heterocycles. The Hall–Kier alpha value is -0.497. The summed E-state index contributed by atoms with van der Waals surface area (Å²) in [5.74, 6) is 7.16. The van der Waals surface area contributed by atoms with Crippen molar-refractivity contribution in [1.29, 1.82) is 0 Å². The van der Waals surface area contributed by atoms with Crippen LogP contribution in [0.25, 0.3) is 6.08 Å². The third-order valence-electron chi connectivity index (χ3n) is 1.58. The summed E-state index contributed by atoms with van der Waals surface area (Å²) in [6.07, 6.45) is 2.25. The van der Waals surface area contributed by atoms with Gasteiger partial charge in [-0.05, 0) is 0 Å². The molecule has 0 atom stereocenters. The van der Waals surface area contributed by atoms with Crippen molar-refractivity contribution in [3.8, 4) is 0 Å². The number of hydrogen-bond acceptors (Lipinski definition) is 0. The Kier molecular flexibility index (Phi) is 3.15. The van der Waals surface area contributed by atoms with Crippen LogP contribution in [0.4, 0.5) is 0 Å². The molecule has 0 heterocycles. The fourth-order valence-electron chi connectivity index (χ4n) is 0.910. The molecule has 1 rings (SSSR count). The van der Waals surface area contributed by atoms with Crippen LogP contribution in [0.3, 0.4) is 0 Å². The molecule has 12 heavy (non-hydrogen) atoms. The molecule has 0 saturated heterocycles. The quantitative estimate of drug-likeness (QED) is 0.669. The molecular weight excluding hydrogens is 205 g/mol. The summed E-state index contributed by atoms with van der Waals surface area (Å²) in [6.45, 7) is 0. The first-order valence-electron chi connectivity index (χ1n) is 4.32. The number of rotatable bonds is 2. The van der Waals surface area contributed by atoms with Gasteiger partial charge in [-0.1, -0.05) is 0 Å². The zero-order valence-electron chi connectivity index (χ0n) is 8.04. The van der Waals surface area contributed by atoms with Crippen molar-refractivity contribution >= 4 is 19.3 Å². The number of benzene rings is 1. The topological polar surface area (TPSA) is 0 Å². The average Bonchev–Trinajstić information content (AvgIpc) is 2.02. The molecule has 1 aromatic rings. The van der Waals surface area contributed by atoms with E-state index in [2.05, 4.69) is 58.6 Å². The van der Waals surface area contributed by atoms with E-state index in [1.54, 1.807) is 0 Å². The van der Waals surface area contributed by atoms with E-state index in [1.807, 2.05) is 0 Å². The summed E-state index contributed by atoms with van der Waals surface area (Å²) in [4.78, 5) is 2.41. The van der Waals surface area contributed by atoms with Crippen molar-refractivity contribution in [3.05, 3.63) is 40.8 Å². The molecule has 0 N–H and O–H groups in total. The molecule has 0 bridgehead atoms. The van der Waals surface area contributed by atoms with Crippen LogP contribution < -0.4 is 0 Å². The van der Waals surface area contributed by atoms with E-state index in [-0.39, 0.29) is 0 Å². The van der Waals surface area contributed by atoms with Crippen LogP contribution in [0.1, 0.15) is 5.56 Å². The third-order valence-corrected chi connectivity index (χ3v) is 4.02. The zero-order chi connectivity index (χ0) is 9.03. The van der Waals surface area contributed by atoms with Gasteiger partial charge in [0.2, 0.25) is 0 Å². The van der Waals surface area contributed by atoms with E-state index in [9.17, 15) is 0 Å². The van der Waals surface area contributed by atoms with Crippen LogP contribution in [0, 0.1) is 0 Å². The van der Waals surface area contributed by atoms with Crippen LogP contribution in [0.2, 0.25) is 17.3 Å². The van der Waals surface area contributed by atoms with Gasteiger partial charge in [-0.3, -0.25) is 0 Å². The standard InChI is InChI=1S/C11H16Ge/c1-12(2,3)10-9-11-7-5-4-6-8-11/h4-10H,1-3H3/b10-9+. The summed E-state index contributed by atoms with van der Waals surface area (Å²) in [7, 11) is 0. The second kappa shape index (κ2) is 3.95. The van der Waals surface area contributed by atoms with Gasteiger partial charge in [-0.2, -0.15) is 0 Å². The van der Waals surface area contributed by atoms with Gasteiger partial charge in [0.05, 0.1) is 0 Å². The predicted molar refractivity (Wildman–Crippen MR) is 58.8 cm³/mol. The molecule has 0 amide bonds. The third kappa shape index (κ3) is 3.77. The first kappa shape index (κ1) is 9.59. The minimum atomic E-state index is -1.47. The molecule has 0 saturated carbocycles. The van der Waals surface area contributed by atoms with Gasteiger partial charge < -0.3 is 0 Å². The average molecular weight is 221 g/mol. The van der Waals surface area contributed by atoms with Crippen LogP contribution in [-0.4, -0.2) is 13.3 Å². The summed E-state index contributed by atoms with van der Waals surface area (Å²) in [5, 5.41) is 0. The van der Waals surface area contributed by atoms with Gasteiger partial charge >= 0.3 is 77.4 Å². The van der Waals surface area contributed by atoms with Crippen molar-refractivity contribution in [3.63, 3.8) is 0 Å². The Morgan fingerprint density at radius 1 is 1.00 bits per heavy atom. The second-order valence-corrected chi connectivity index (χ2v) is 14.7. The zero-order valence-corrected chi connectivity index (χ0v) is 10.1.